The van der Waals surface area contributed by atoms with Crippen LogP contribution in [0.25, 0.3) is 22.1 Å². The summed E-state index contributed by atoms with van der Waals surface area (Å²) in [4.78, 5) is 22.7. The van der Waals surface area contributed by atoms with Crippen LogP contribution in [0.5, 0.6) is 0 Å². The van der Waals surface area contributed by atoms with E-state index in [-0.39, 0.29) is 11.9 Å². The summed E-state index contributed by atoms with van der Waals surface area (Å²) in [7, 11) is 0. The molecule has 0 bridgehead atoms. The number of hydrogen-bond donors (Lipinski definition) is 2. The number of nitrogens with one attached hydrogen (secondary N) is 2. The third-order valence-electron chi connectivity index (χ3n) is 3.69. The summed E-state index contributed by atoms with van der Waals surface area (Å²) in [6, 6.07) is 13.6. The Kier molecular flexibility index (Phi) is 4.65. The Morgan fingerprint density at radius 1 is 1.20 bits per heavy atom. The quantitative estimate of drug-likeness (QED) is 0.527. The number of carbonyl (C=O) groups is 1. The van der Waals surface area contributed by atoms with Crippen LogP contribution in [-0.2, 0) is 0 Å². The van der Waals surface area contributed by atoms with Gasteiger partial charge in [-0.1, -0.05) is 37.3 Å². The minimum atomic E-state index is -0.538. The molecule has 0 aliphatic carbocycles. The van der Waals surface area contributed by atoms with Gasteiger partial charge < -0.3 is 15.1 Å². The van der Waals surface area contributed by atoms with E-state index in [1.807, 2.05) is 13.0 Å². The Hall–Kier alpha value is -3.35. The molecule has 0 atom stereocenters. The highest BCUT2D eigenvalue weighted by atomic mass is 16.6. The van der Waals surface area contributed by atoms with Crippen LogP contribution in [-0.4, -0.2) is 17.5 Å². The largest absolute Gasteiger partial charge is 0.442 e. The standard InChI is InChI=1S/C18H17N3O4/c1-2-10-19-18(22)20-13-8-9-15-14(11-13)16(17(25-15)21(23)24)12-6-4-3-5-7-12/h3-9,11H,2,10H2,1H3,(H2,19,20,22). The second-order valence-electron chi connectivity index (χ2n) is 5.50. The molecule has 3 rings (SSSR count). The van der Waals surface area contributed by atoms with Gasteiger partial charge in [-0.25, -0.2) is 4.79 Å². The third-order valence-corrected chi connectivity index (χ3v) is 3.69. The maximum atomic E-state index is 11.8. The molecule has 0 radical (unpaired) electrons. The Morgan fingerprint density at radius 3 is 2.64 bits per heavy atom. The number of nitrogens with zero attached hydrogens (tertiary/aromatic N) is 1. The number of anilines is 1. The van der Waals surface area contributed by atoms with E-state index < -0.39 is 4.92 Å². The second-order valence-corrected chi connectivity index (χ2v) is 5.50. The van der Waals surface area contributed by atoms with Crippen LogP contribution < -0.4 is 10.6 Å². The van der Waals surface area contributed by atoms with Crippen LogP contribution in [0.2, 0.25) is 0 Å². The van der Waals surface area contributed by atoms with Crippen molar-refractivity contribution in [3.05, 3.63) is 58.6 Å². The summed E-state index contributed by atoms with van der Waals surface area (Å²) < 4.78 is 5.41. The fourth-order valence-electron chi connectivity index (χ4n) is 2.59. The van der Waals surface area contributed by atoms with Gasteiger partial charge in [-0.3, -0.25) is 10.1 Å². The highest BCUT2D eigenvalue weighted by Gasteiger charge is 2.25. The molecule has 0 aliphatic rings. The zero-order chi connectivity index (χ0) is 17.8. The lowest BCUT2D eigenvalue weighted by atomic mass is 10.0. The van der Waals surface area contributed by atoms with Gasteiger partial charge in [-0.15, -0.1) is 0 Å². The first kappa shape index (κ1) is 16.5. The molecule has 0 aliphatic heterocycles. The van der Waals surface area contributed by atoms with Crippen molar-refractivity contribution in [3.8, 4) is 11.1 Å². The second kappa shape index (κ2) is 7.04. The van der Waals surface area contributed by atoms with Crippen molar-refractivity contribution in [2.75, 3.05) is 11.9 Å². The van der Waals surface area contributed by atoms with Crippen molar-refractivity contribution in [1.82, 2.24) is 5.32 Å². The van der Waals surface area contributed by atoms with Gasteiger partial charge in [-0.2, -0.15) is 0 Å². The summed E-state index contributed by atoms with van der Waals surface area (Å²) in [6.45, 7) is 2.53. The van der Waals surface area contributed by atoms with Crippen molar-refractivity contribution < 1.29 is 14.1 Å². The SMILES string of the molecule is CCCNC(=O)Nc1ccc2oc([N+](=O)[O-])c(-c3ccccc3)c2c1. The van der Waals surface area contributed by atoms with Gasteiger partial charge in [0.2, 0.25) is 0 Å². The molecule has 0 fully saturated rings. The molecule has 25 heavy (non-hydrogen) atoms. The number of nitro groups is 1. The molecule has 2 amide bonds. The minimum absolute atomic E-state index is 0.311. The first-order valence-corrected chi connectivity index (χ1v) is 7.91. The molecule has 2 aromatic carbocycles. The van der Waals surface area contributed by atoms with Crippen LogP contribution in [0, 0.1) is 10.1 Å². The van der Waals surface area contributed by atoms with E-state index in [1.54, 1.807) is 42.5 Å². The Balaban J connectivity index is 2.06. The van der Waals surface area contributed by atoms with Gasteiger partial charge in [0.05, 0.1) is 0 Å². The molecular weight excluding hydrogens is 322 g/mol. The lowest BCUT2D eigenvalue weighted by molar-refractivity contribution is -0.400. The fraction of sp³-hybridized carbons (Fsp3) is 0.167. The molecule has 0 saturated heterocycles. The molecule has 0 unspecified atom stereocenters. The van der Waals surface area contributed by atoms with Crippen LogP contribution in [0.4, 0.5) is 16.4 Å². The van der Waals surface area contributed by atoms with Crippen molar-refractivity contribution in [3.63, 3.8) is 0 Å². The van der Waals surface area contributed by atoms with Gasteiger partial charge in [0.15, 0.2) is 0 Å². The molecule has 3 aromatic rings. The van der Waals surface area contributed by atoms with Gasteiger partial charge in [0.1, 0.15) is 16.1 Å². The normalized spacial score (nSPS) is 10.6. The maximum Gasteiger partial charge on any atom is 0.442 e. The Morgan fingerprint density at radius 2 is 1.96 bits per heavy atom. The fourth-order valence-corrected chi connectivity index (χ4v) is 2.59. The lowest BCUT2D eigenvalue weighted by Crippen LogP contribution is -2.29. The van der Waals surface area contributed by atoms with Gasteiger partial charge >= 0.3 is 11.9 Å². The lowest BCUT2D eigenvalue weighted by Gasteiger charge is -2.06. The van der Waals surface area contributed by atoms with E-state index in [4.69, 9.17) is 4.42 Å². The number of furan rings is 1. The molecule has 1 aromatic heterocycles. The van der Waals surface area contributed by atoms with Crippen molar-refractivity contribution in [2.24, 2.45) is 0 Å². The van der Waals surface area contributed by atoms with E-state index in [2.05, 4.69) is 10.6 Å². The van der Waals surface area contributed by atoms with Gasteiger partial charge in [0.25, 0.3) is 0 Å². The number of fused-ring (bicyclic) bond motifs is 1. The maximum absolute atomic E-state index is 11.8. The third kappa shape index (κ3) is 3.45. The van der Waals surface area contributed by atoms with E-state index in [0.717, 1.165) is 6.42 Å². The molecule has 7 nitrogen and oxygen atoms in total. The van der Waals surface area contributed by atoms with Crippen LogP contribution in [0.3, 0.4) is 0 Å². The Labute approximate surface area is 143 Å². The van der Waals surface area contributed by atoms with E-state index in [0.29, 0.717) is 34.3 Å². The van der Waals surface area contributed by atoms with Crippen LogP contribution >= 0.6 is 0 Å². The molecule has 128 valence electrons. The Bertz CT molecular complexity index is 919. The highest BCUT2D eigenvalue weighted by molar-refractivity contribution is 6.01. The zero-order valence-corrected chi connectivity index (χ0v) is 13.6. The van der Waals surface area contributed by atoms with Gasteiger partial charge in [0, 0.05) is 17.6 Å². The minimum Gasteiger partial charge on any atom is -0.400 e. The topological polar surface area (TPSA) is 97.4 Å². The highest BCUT2D eigenvalue weighted by Crippen LogP contribution is 2.40. The van der Waals surface area contributed by atoms with Crippen molar-refractivity contribution >= 4 is 28.6 Å². The van der Waals surface area contributed by atoms with Crippen molar-refractivity contribution in [1.29, 1.82) is 0 Å². The average Bonchev–Trinajstić information content (AvgIpc) is 3.00. The molecule has 1 heterocycles. The van der Waals surface area contributed by atoms with E-state index in [1.165, 1.54) is 0 Å². The average molecular weight is 339 g/mol. The molecular formula is C18H17N3O4. The number of urea groups is 1. The monoisotopic (exact) mass is 339 g/mol. The number of hydrogen-bond acceptors (Lipinski definition) is 4. The first-order valence-electron chi connectivity index (χ1n) is 7.91. The molecule has 7 heteroatoms. The van der Waals surface area contributed by atoms with Crippen molar-refractivity contribution in [2.45, 2.75) is 13.3 Å². The zero-order valence-electron chi connectivity index (χ0n) is 13.6. The summed E-state index contributed by atoms with van der Waals surface area (Å²) in [6.07, 6.45) is 0.832. The predicted molar refractivity (Wildman–Crippen MR) is 95.6 cm³/mol. The summed E-state index contributed by atoms with van der Waals surface area (Å²) in [5.74, 6) is -0.311. The molecule has 2 N–H and O–H groups in total. The van der Waals surface area contributed by atoms with Crippen LogP contribution in [0.1, 0.15) is 13.3 Å². The van der Waals surface area contributed by atoms with E-state index >= 15 is 0 Å². The number of benzene rings is 2. The number of rotatable bonds is 5. The summed E-state index contributed by atoms with van der Waals surface area (Å²) in [5.41, 5.74) is 2.01. The first-order chi connectivity index (χ1) is 12.1. The predicted octanol–water partition coefficient (Wildman–Crippen LogP) is 4.54. The number of amides is 2. The van der Waals surface area contributed by atoms with Gasteiger partial charge in [-0.05, 0) is 30.2 Å². The summed E-state index contributed by atoms with van der Waals surface area (Å²) >= 11 is 0. The smallest absolute Gasteiger partial charge is 0.400 e. The molecule has 0 spiro atoms. The van der Waals surface area contributed by atoms with E-state index in [9.17, 15) is 14.9 Å². The molecule has 0 saturated carbocycles. The summed E-state index contributed by atoms with van der Waals surface area (Å²) in [5, 5.41) is 17.4. The van der Waals surface area contributed by atoms with Crippen LogP contribution in [0.15, 0.2) is 52.9 Å². The number of carbonyl (C=O) groups excluding carboxylic acids is 1.